The maximum absolute atomic E-state index is 12.4. The van der Waals surface area contributed by atoms with Gasteiger partial charge in [-0.1, -0.05) is 29.8 Å². The molecule has 2 aromatic carbocycles. The summed E-state index contributed by atoms with van der Waals surface area (Å²) >= 11 is 0. The van der Waals surface area contributed by atoms with Crippen molar-refractivity contribution in [3.8, 4) is 5.75 Å². The number of nitrogens with zero attached hydrogens (tertiary/aromatic N) is 2. The number of methoxy groups -OCH3 is 1. The van der Waals surface area contributed by atoms with Gasteiger partial charge in [-0.25, -0.2) is 0 Å². The molecule has 0 amide bonds. The molecule has 1 heterocycles. The lowest BCUT2D eigenvalue weighted by Gasteiger charge is -2.35. The first kappa shape index (κ1) is 16.5. The molecule has 2 aromatic rings. The van der Waals surface area contributed by atoms with Crippen molar-refractivity contribution in [3.05, 3.63) is 59.7 Å². The normalized spacial score (nSPS) is 15.3. The number of ketones is 1. The second kappa shape index (κ2) is 7.49. The Hall–Kier alpha value is -2.33. The van der Waals surface area contributed by atoms with Gasteiger partial charge in [-0.15, -0.1) is 0 Å². The van der Waals surface area contributed by atoms with E-state index in [0.717, 1.165) is 37.5 Å². The van der Waals surface area contributed by atoms with Crippen LogP contribution in [0.1, 0.15) is 15.9 Å². The summed E-state index contributed by atoms with van der Waals surface area (Å²) in [6.07, 6.45) is 0. The molecule has 0 aromatic heterocycles. The number of rotatable bonds is 5. The number of aryl methyl sites for hydroxylation is 1. The topological polar surface area (TPSA) is 32.8 Å². The van der Waals surface area contributed by atoms with Crippen LogP contribution in [-0.2, 0) is 0 Å². The minimum absolute atomic E-state index is 0.202. The van der Waals surface area contributed by atoms with Gasteiger partial charge in [-0.3, -0.25) is 9.69 Å². The Morgan fingerprint density at radius 2 is 1.58 bits per heavy atom. The van der Waals surface area contributed by atoms with E-state index < -0.39 is 0 Å². The molecule has 24 heavy (non-hydrogen) atoms. The van der Waals surface area contributed by atoms with Crippen molar-refractivity contribution in [1.29, 1.82) is 0 Å². The van der Waals surface area contributed by atoms with Crippen LogP contribution in [-0.4, -0.2) is 50.5 Å². The highest BCUT2D eigenvalue weighted by atomic mass is 16.5. The van der Waals surface area contributed by atoms with Gasteiger partial charge in [-0.2, -0.15) is 0 Å². The fourth-order valence-corrected chi connectivity index (χ4v) is 2.99. The van der Waals surface area contributed by atoms with Gasteiger partial charge in [0.25, 0.3) is 0 Å². The largest absolute Gasteiger partial charge is 0.497 e. The Labute approximate surface area is 143 Å². The minimum Gasteiger partial charge on any atom is -0.497 e. The molecule has 4 nitrogen and oxygen atoms in total. The molecule has 0 bridgehead atoms. The molecule has 1 aliphatic heterocycles. The highest BCUT2D eigenvalue weighted by molar-refractivity contribution is 5.97. The van der Waals surface area contributed by atoms with Gasteiger partial charge >= 0.3 is 0 Å². The standard InChI is InChI=1S/C20H24N2O2/c1-16-3-5-17(6-4-16)20(23)15-21-11-13-22(14-12-21)18-7-9-19(24-2)10-8-18/h3-10H,11-15H2,1-2H3. The summed E-state index contributed by atoms with van der Waals surface area (Å²) in [5, 5.41) is 0. The van der Waals surface area contributed by atoms with Crippen LogP contribution < -0.4 is 9.64 Å². The quantitative estimate of drug-likeness (QED) is 0.792. The summed E-state index contributed by atoms with van der Waals surface area (Å²) in [6, 6.07) is 16.0. The highest BCUT2D eigenvalue weighted by Gasteiger charge is 2.19. The maximum atomic E-state index is 12.4. The third kappa shape index (κ3) is 3.95. The van der Waals surface area contributed by atoms with Crippen molar-refractivity contribution >= 4 is 11.5 Å². The van der Waals surface area contributed by atoms with E-state index >= 15 is 0 Å². The van der Waals surface area contributed by atoms with Crippen molar-refractivity contribution in [2.45, 2.75) is 6.92 Å². The van der Waals surface area contributed by atoms with E-state index in [-0.39, 0.29) is 5.78 Å². The van der Waals surface area contributed by atoms with Crippen molar-refractivity contribution in [2.24, 2.45) is 0 Å². The Kier molecular flexibility index (Phi) is 5.16. The van der Waals surface area contributed by atoms with Crippen molar-refractivity contribution in [2.75, 3.05) is 44.7 Å². The molecule has 4 heteroatoms. The molecule has 0 aliphatic carbocycles. The average Bonchev–Trinajstić information content (AvgIpc) is 2.63. The summed E-state index contributed by atoms with van der Waals surface area (Å²) in [4.78, 5) is 17.0. The first-order chi connectivity index (χ1) is 11.7. The molecule has 3 rings (SSSR count). The smallest absolute Gasteiger partial charge is 0.176 e. The van der Waals surface area contributed by atoms with Crippen LogP contribution in [0.25, 0.3) is 0 Å². The Bertz CT molecular complexity index is 672. The molecule has 0 radical (unpaired) electrons. The van der Waals surface area contributed by atoms with Crippen LogP contribution in [0.5, 0.6) is 5.75 Å². The monoisotopic (exact) mass is 324 g/mol. The number of hydrogen-bond acceptors (Lipinski definition) is 4. The van der Waals surface area contributed by atoms with Crippen LogP contribution in [0.15, 0.2) is 48.5 Å². The highest BCUT2D eigenvalue weighted by Crippen LogP contribution is 2.20. The average molecular weight is 324 g/mol. The maximum Gasteiger partial charge on any atom is 0.176 e. The van der Waals surface area contributed by atoms with E-state index in [1.807, 2.05) is 43.3 Å². The molecular formula is C20H24N2O2. The fraction of sp³-hybridized carbons (Fsp3) is 0.350. The number of carbonyl (C=O) groups excluding carboxylic acids is 1. The molecule has 1 aliphatic rings. The third-order valence-corrected chi connectivity index (χ3v) is 4.55. The molecule has 126 valence electrons. The minimum atomic E-state index is 0.202. The molecule has 1 fully saturated rings. The summed E-state index contributed by atoms with van der Waals surface area (Å²) in [5.41, 5.74) is 3.19. The van der Waals surface area contributed by atoms with Gasteiger partial charge in [0.15, 0.2) is 5.78 Å². The number of piperazine rings is 1. The van der Waals surface area contributed by atoms with Crippen molar-refractivity contribution in [1.82, 2.24) is 4.90 Å². The number of hydrogen-bond donors (Lipinski definition) is 0. The van der Waals surface area contributed by atoms with Crippen LogP contribution >= 0.6 is 0 Å². The lowest BCUT2D eigenvalue weighted by Crippen LogP contribution is -2.48. The second-order valence-electron chi connectivity index (χ2n) is 6.25. The van der Waals surface area contributed by atoms with E-state index in [2.05, 4.69) is 21.9 Å². The van der Waals surface area contributed by atoms with Crippen molar-refractivity contribution < 1.29 is 9.53 Å². The predicted molar refractivity (Wildman–Crippen MR) is 97.2 cm³/mol. The zero-order valence-corrected chi connectivity index (χ0v) is 14.4. The second-order valence-corrected chi connectivity index (χ2v) is 6.25. The van der Waals surface area contributed by atoms with Crippen LogP contribution in [0.2, 0.25) is 0 Å². The van der Waals surface area contributed by atoms with E-state index in [4.69, 9.17) is 4.74 Å². The van der Waals surface area contributed by atoms with Gasteiger partial charge in [0.1, 0.15) is 5.75 Å². The summed E-state index contributed by atoms with van der Waals surface area (Å²) < 4.78 is 5.20. The van der Waals surface area contributed by atoms with E-state index in [9.17, 15) is 4.79 Å². The van der Waals surface area contributed by atoms with Crippen LogP contribution in [0.4, 0.5) is 5.69 Å². The van der Waals surface area contributed by atoms with Crippen LogP contribution in [0, 0.1) is 6.92 Å². The molecule has 0 unspecified atom stereocenters. The third-order valence-electron chi connectivity index (χ3n) is 4.55. The summed E-state index contributed by atoms with van der Waals surface area (Å²) in [6.45, 7) is 6.22. The summed E-state index contributed by atoms with van der Waals surface area (Å²) in [5.74, 6) is 1.08. The zero-order chi connectivity index (χ0) is 16.9. The Morgan fingerprint density at radius 3 is 2.17 bits per heavy atom. The van der Waals surface area contributed by atoms with Gasteiger partial charge in [0.05, 0.1) is 13.7 Å². The van der Waals surface area contributed by atoms with E-state index in [1.54, 1.807) is 7.11 Å². The number of anilines is 1. The molecule has 0 atom stereocenters. The Morgan fingerprint density at radius 1 is 0.958 bits per heavy atom. The lowest BCUT2D eigenvalue weighted by molar-refractivity contribution is 0.0926. The molecule has 0 N–H and O–H groups in total. The Balaban J connectivity index is 1.52. The number of carbonyl (C=O) groups is 1. The first-order valence-electron chi connectivity index (χ1n) is 8.37. The zero-order valence-electron chi connectivity index (χ0n) is 14.4. The van der Waals surface area contributed by atoms with Gasteiger partial charge < -0.3 is 9.64 Å². The first-order valence-corrected chi connectivity index (χ1v) is 8.37. The van der Waals surface area contributed by atoms with E-state index in [1.165, 1.54) is 11.3 Å². The molecule has 0 saturated carbocycles. The number of benzene rings is 2. The van der Waals surface area contributed by atoms with E-state index in [0.29, 0.717) is 6.54 Å². The SMILES string of the molecule is COc1ccc(N2CCN(CC(=O)c3ccc(C)cc3)CC2)cc1. The lowest BCUT2D eigenvalue weighted by atomic mass is 10.1. The van der Waals surface area contributed by atoms with Crippen LogP contribution in [0.3, 0.4) is 0 Å². The van der Waals surface area contributed by atoms with Gasteiger partial charge in [0, 0.05) is 37.4 Å². The number of ether oxygens (including phenoxy) is 1. The van der Waals surface area contributed by atoms with Crippen molar-refractivity contribution in [3.63, 3.8) is 0 Å². The fourth-order valence-electron chi connectivity index (χ4n) is 2.99. The molecular weight excluding hydrogens is 300 g/mol. The van der Waals surface area contributed by atoms with Gasteiger partial charge in [0.2, 0.25) is 0 Å². The number of Topliss-reactive ketones (excluding diaryl/α,β-unsaturated/α-hetero) is 1. The van der Waals surface area contributed by atoms with Gasteiger partial charge in [-0.05, 0) is 31.2 Å². The molecule has 0 spiro atoms. The summed E-state index contributed by atoms with van der Waals surface area (Å²) in [7, 11) is 1.68. The predicted octanol–water partition coefficient (Wildman–Crippen LogP) is 3.01. The molecule has 1 saturated heterocycles.